The number of benzene rings is 1. The molecule has 0 aliphatic carbocycles. The van der Waals surface area contributed by atoms with Crippen molar-refractivity contribution in [3.05, 3.63) is 46.8 Å². The normalized spacial score (nSPS) is 10.8. The lowest BCUT2D eigenvalue weighted by Gasteiger charge is -2.13. The number of rotatable bonds is 5. The van der Waals surface area contributed by atoms with Crippen LogP contribution in [-0.4, -0.2) is 41.8 Å². The van der Waals surface area contributed by atoms with E-state index in [1.54, 1.807) is 14.0 Å². The van der Waals surface area contributed by atoms with Crippen molar-refractivity contribution in [2.24, 2.45) is 0 Å². The quantitative estimate of drug-likeness (QED) is 0.538. The van der Waals surface area contributed by atoms with E-state index in [0.717, 1.165) is 10.2 Å². The number of hydrogen-bond acceptors (Lipinski definition) is 6. The molecule has 0 saturated heterocycles. The summed E-state index contributed by atoms with van der Waals surface area (Å²) < 4.78 is 5.80. The van der Waals surface area contributed by atoms with Crippen LogP contribution in [-0.2, 0) is 16.0 Å². The van der Waals surface area contributed by atoms with Crippen molar-refractivity contribution >= 4 is 44.3 Å². The first-order chi connectivity index (χ1) is 12.8. The number of nitrogens with one attached hydrogen (secondary N) is 1. The number of amides is 1. The van der Waals surface area contributed by atoms with Gasteiger partial charge in [0.1, 0.15) is 0 Å². The van der Waals surface area contributed by atoms with Crippen LogP contribution < -0.4 is 4.90 Å². The fourth-order valence-electron chi connectivity index (χ4n) is 2.90. The standard InChI is InChI=1S/C19H19N3O4S/c1-10-16(18(25)26-4)13(20-17(10)11(2)23)9-15(24)22(3)19-21-12-7-5-6-8-14(12)27-19/h5-8,20H,9H2,1-4H3. The maximum absolute atomic E-state index is 12.8. The number of Topliss-reactive ketones (excluding diaryl/α,β-unsaturated/α-hetero) is 1. The van der Waals surface area contributed by atoms with Crippen LogP contribution in [0.5, 0.6) is 0 Å². The number of anilines is 1. The Hall–Kier alpha value is -3.00. The smallest absolute Gasteiger partial charge is 0.339 e. The highest BCUT2D eigenvalue weighted by Gasteiger charge is 2.26. The van der Waals surface area contributed by atoms with Crippen LogP contribution in [0.25, 0.3) is 10.2 Å². The highest BCUT2D eigenvalue weighted by atomic mass is 32.1. The number of methoxy groups -OCH3 is 1. The Balaban J connectivity index is 1.91. The number of carbonyl (C=O) groups excluding carboxylic acids is 3. The number of H-pyrrole nitrogens is 1. The fourth-order valence-corrected chi connectivity index (χ4v) is 3.85. The number of fused-ring (bicyclic) bond motifs is 1. The maximum atomic E-state index is 12.8. The number of thiazole rings is 1. The molecule has 1 aromatic carbocycles. The number of aromatic nitrogens is 2. The second kappa shape index (κ2) is 7.32. The van der Waals surface area contributed by atoms with Gasteiger partial charge in [-0.15, -0.1) is 0 Å². The lowest BCUT2D eigenvalue weighted by molar-refractivity contribution is -0.117. The van der Waals surface area contributed by atoms with Crippen LogP contribution in [0.3, 0.4) is 0 Å². The van der Waals surface area contributed by atoms with Crippen LogP contribution in [0.1, 0.15) is 39.0 Å². The van der Waals surface area contributed by atoms with Gasteiger partial charge in [0.2, 0.25) is 5.91 Å². The zero-order valence-corrected chi connectivity index (χ0v) is 16.3. The predicted octanol–water partition coefficient (Wildman–Crippen LogP) is 3.13. The molecule has 3 rings (SSSR count). The van der Waals surface area contributed by atoms with Crippen molar-refractivity contribution in [3.63, 3.8) is 0 Å². The lowest BCUT2D eigenvalue weighted by atomic mass is 10.1. The van der Waals surface area contributed by atoms with Gasteiger partial charge in [-0.2, -0.15) is 0 Å². The summed E-state index contributed by atoms with van der Waals surface area (Å²) in [5.74, 6) is -1.05. The summed E-state index contributed by atoms with van der Waals surface area (Å²) in [5.41, 5.74) is 2.21. The Labute approximate surface area is 160 Å². The zero-order valence-electron chi connectivity index (χ0n) is 15.5. The van der Waals surface area contributed by atoms with E-state index < -0.39 is 5.97 Å². The molecule has 0 unspecified atom stereocenters. The molecular weight excluding hydrogens is 366 g/mol. The maximum Gasteiger partial charge on any atom is 0.339 e. The third kappa shape index (κ3) is 3.48. The number of carbonyl (C=O) groups is 3. The molecule has 3 aromatic rings. The number of para-hydroxylation sites is 1. The van der Waals surface area contributed by atoms with Crippen LogP contribution in [0.4, 0.5) is 5.13 Å². The van der Waals surface area contributed by atoms with E-state index >= 15 is 0 Å². The highest BCUT2D eigenvalue weighted by Crippen LogP contribution is 2.28. The van der Waals surface area contributed by atoms with Gasteiger partial charge in [-0.05, 0) is 24.6 Å². The van der Waals surface area contributed by atoms with Crippen LogP contribution in [0, 0.1) is 6.92 Å². The van der Waals surface area contributed by atoms with E-state index in [4.69, 9.17) is 4.74 Å². The number of likely N-dealkylation sites (N-methyl/N-ethyl adjacent to an activating group) is 1. The van der Waals surface area contributed by atoms with Crippen LogP contribution >= 0.6 is 11.3 Å². The van der Waals surface area contributed by atoms with Crippen LogP contribution in [0.15, 0.2) is 24.3 Å². The van der Waals surface area contributed by atoms with E-state index in [1.807, 2.05) is 24.3 Å². The Morgan fingerprint density at radius 1 is 1.26 bits per heavy atom. The molecule has 0 saturated carbocycles. The van der Waals surface area contributed by atoms with E-state index in [0.29, 0.717) is 22.1 Å². The average molecular weight is 385 g/mol. The average Bonchev–Trinajstić information content (AvgIpc) is 3.21. The summed E-state index contributed by atoms with van der Waals surface area (Å²) in [6.45, 7) is 3.06. The molecule has 2 heterocycles. The molecule has 1 N–H and O–H groups in total. The van der Waals surface area contributed by atoms with Crippen molar-refractivity contribution in [2.75, 3.05) is 19.1 Å². The van der Waals surface area contributed by atoms with Crippen molar-refractivity contribution < 1.29 is 19.1 Å². The third-order valence-electron chi connectivity index (χ3n) is 4.34. The highest BCUT2D eigenvalue weighted by molar-refractivity contribution is 7.22. The molecule has 0 spiro atoms. The Kier molecular flexibility index (Phi) is 5.09. The Bertz CT molecular complexity index is 1020. The third-order valence-corrected chi connectivity index (χ3v) is 5.45. The van der Waals surface area contributed by atoms with Gasteiger partial charge in [0.15, 0.2) is 10.9 Å². The van der Waals surface area contributed by atoms with Gasteiger partial charge in [0.25, 0.3) is 0 Å². The summed E-state index contributed by atoms with van der Waals surface area (Å²) in [5, 5.41) is 0.566. The summed E-state index contributed by atoms with van der Waals surface area (Å²) in [7, 11) is 2.90. The van der Waals surface area contributed by atoms with Gasteiger partial charge < -0.3 is 9.72 Å². The van der Waals surface area contributed by atoms with Crippen molar-refractivity contribution in [1.29, 1.82) is 0 Å². The first kappa shape index (κ1) is 18.8. The number of esters is 1. The number of ether oxygens (including phenoxy) is 1. The Morgan fingerprint density at radius 3 is 2.59 bits per heavy atom. The van der Waals surface area contributed by atoms with Crippen molar-refractivity contribution in [1.82, 2.24) is 9.97 Å². The van der Waals surface area contributed by atoms with Gasteiger partial charge in [-0.25, -0.2) is 9.78 Å². The van der Waals surface area contributed by atoms with Gasteiger partial charge in [-0.3, -0.25) is 14.5 Å². The molecule has 0 aliphatic rings. The molecule has 27 heavy (non-hydrogen) atoms. The molecule has 2 aromatic heterocycles. The van der Waals surface area contributed by atoms with Gasteiger partial charge in [-0.1, -0.05) is 23.5 Å². The number of ketones is 1. The molecule has 0 atom stereocenters. The molecular formula is C19H19N3O4S. The molecule has 0 bridgehead atoms. The number of nitrogens with zero attached hydrogens (tertiary/aromatic N) is 2. The summed E-state index contributed by atoms with van der Waals surface area (Å²) in [4.78, 5) is 45.6. The minimum Gasteiger partial charge on any atom is -0.465 e. The van der Waals surface area contributed by atoms with Gasteiger partial charge in [0, 0.05) is 19.7 Å². The summed E-state index contributed by atoms with van der Waals surface area (Å²) >= 11 is 1.41. The van der Waals surface area contributed by atoms with Crippen LogP contribution in [0.2, 0.25) is 0 Å². The molecule has 0 aliphatic heterocycles. The molecule has 0 radical (unpaired) electrons. The second-order valence-electron chi connectivity index (χ2n) is 6.12. The molecule has 1 amide bonds. The number of aromatic amines is 1. The Morgan fingerprint density at radius 2 is 1.96 bits per heavy atom. The van der Waals surface area contributed by atoms with E-state index in [2.05, 4.69) is 9.97 Å². The lowest BCUT2D eigenvalue weighted by Crippen LogP contribution is -2.28. The van der Waals surface area contributed by atoms with Crippen molar-refractivity contribution in [2.45, 2.75) is 20.3 Å². The zero-order chi connectivity index (χ0) is 19.7. The minimum absolute atomic E-state index is 0.0784. The van der Waals surface area contributed by atoms with Gasteiger partial charge in [0.05, 0.1) is 35.0 Å². The SMILES string of the molecule is COC(=O)c1c(CC(=O)N(C)c2nc3ccccc3s2)[nH]c(C(C)=O)c1C. The summed E-state index contributed by atoms with van der Waals surface area (Å²) in [6, 6.07) is 7.63. The largest absolute Gasteiger partial charge is 0.465 e. The summed E-state index contributed by atoms with van der Waals surface area (Å²) in [6.07, 6.45) is -0.0784. The topological polar surface area (TPSA) is 92.4 Å². The molecule has 8 heteroatoms. The molecule has 7 nitrogen and oxygen atoms in total. The van der Waals surface area contributed by atoms with E-state index in [1.165, 1.54) is 30.3 Å². The first-order valence-electron chi connectivity index (χ1n) is 8.26. The molecule has 0 fully saturated rings. The predicted molar refractivity (Wildman–Crippen MR) is 104 cm³/mol. The van der Waals surface area contributed by atoms with E-state index in [9.17, 15) is 14.4 Å². The second-order valence-corrected chi connectivity index (χ2v) is 7.13. The number of hydrogen-bond donors (Lipinski definition) is 1. The minimum atomic E-state index is -0.582. The van der Waals surface area contributed by atoms with Gasteiger partial charge >= 0.3 is 5.97 Å². The fraction of sp³-hybridized carbons (Fsp3) is 0.263. The molecule has 140 valence electrons. The monoisotopic (exact) mass is 385 g/mol. The van der Waals surface area contributed by atoms with Crippen molar-refractivity contribution in [3.8, 4) is 0 Å². The van der Waals surface area contributed by atoms with E-state index in [-0.39, 0.29) is 23.7 Å². The first-order valence-corrected chi connectivity index (χ1v) is 9.08.